The molecule has 21 heavy (non-hydrogen) atoms. The number of nitriles is 1. The van der Waals surface area contributed by atoms with Gasteiger partial charge >= 0.3 is 12.1 Å². The fraction of sp³-hybridized carbons (Fsp3) is 0.357. The number of amides is 1. The van der Waals surface area contributed by atoms with Crippen molar-refractivity contribution in [3.8, 4) is 6.07 Å². The summed E-state index contributed by atoms with van der Waals surface area (Å²) < 4.78 is 9.64. The molecular weight excluding hydrogens is 274 g/mol. The van der Waals surface area contributed by atoms with Gasteiger partial charge < -0.3 is 20.5 Å². The van der Waals surface area contributed by atoms with Crippen LogP contribution in [0.4, 0.5) is 10.5 Å². The number of alkyl carbamates (subject to hydrolysis) is 1. The normalized spacial score (nSPS) is 10.3. The lowest BCUT2D eigenvalue weighted by Gasteiger charge is -2.22. The lowest BCUT2D eigenvalue weighted by Crippen LogP contribution is -2.50. The van der Waals surface area contributed by atoms with Crippen molar-refractivity contribution in [2.45, 2.75) is 26.0 Å². The number of hydrogen-bond donors (Lipinski definition) is 2. The number of rotatable bonds is 5. The summed E-state index contributed by atoms with van der Waals surface area (Å²) in [5.74, 6) is -0.714. The van der Waals surface area contributed by atoms with Crippen LogP contribution in [0.5, 0.6) is 0 Å². The van der Waals surface area contributed by atoms with Crippen molar-refractivity contribution in [3.63, 3.8) is 0 Å². The highest BCUT2D eigenvalue weighted by Gasteiger charge is 2.31. The molecule has 0 unspecified atom stereocenters. The molecule has 0 saturated heterocycles. The van der Waals surface area contributed by atoms with Crippen LogP contribution in [0.1, 0.15) is 19.4 Å². The average Bonchev–Trinajstić information content (AvgIpc) is 2.43. The lowest BCUT2D eigenvalue weighted by molar-refractivity contribution is -0.148. The Kier molecular flexibility index (Phi) is 5.55. The first-order chi connectivity index (χ1) is 9.85. The van der Waals surface area contributed by atoms with Gasteiger partial charge in [-0.25, -0.2) is 9.59 Å². The van der Waals surface area contributed by atoms with Crippen molar-refractivity contribution in [1.82, 2.24) is 5.32 Å². The Morgan fingerprint density at radius 1 is 1.29 bits per heavy atom. The van der Waals surface area contributed by atoms with Crippen LogP contribution in [0.3, 0.4) is 0 Å². The van der Waals surface area contributed by atoms with E-state index >= 15 is 0 Å². The second-order valence-corrected chi connectivity index (χ2v) is 4.80. The maximum atomic E-state index is 11.6. The molecule has 0 atom stereocenters. The van der Waals surface area contributed by atoms with Gasteiger partial charge in [0.15, 0.2) is 6.61 Å². The first kappa shape index (κ1) is 16.3. The van der Waals surface area contributed by atoms with Crippen LogP contribution in [-0.2, 0) is 20.9 Å². The first-order valence-corrected chi connectivity index (χ1v) is 6.18. The van der Waals surface area contributed by atoms with E-state index < -0.39 is 17.6 Å². The molecule has 0 spiro atoms. The first-order valence-electron chi connectivity index (χ1n) is 6.18. The number of benzene rings is 1. The second-order valence-electron chi connectivity index (χ2n) is 4.80. The third-order valence-corrected chi connectivity index (χ3v) is 2.54. The topological polar surface area (TPSA) is 114 Å². The second kappa shape index (κ2) is 7.14. The summed E-state index contributed by atoms with van der Waals surface area (Å²) in [6, 6.07) is 8.53. The van der Waals surface area contributed by atoms with E-state index in [2.05, 4.69) is 10.1 Å². The van der Waals surface area contributed by atoms with Crippen LogP contribution in [-0.4, -0.2) is 24.2 Å². The number of esters is 1. The van der Waals surface area contributed by atoms with E-state index in [1.165, 1.54) is 13.8 Å². The van der Waals surface area contributed by atoms with Crippen molar-refractivity contribution < 1.29 is 19.1 Å². The highest BCUT2D eigenvalue weighted by atomic mass is 16.6. The highest BCUT2D eigenvalue weighted by Crippen LogP contribution is 2.09. The van der Waals surface area contributed by atoms with Crippen molar-refractivity contribution in [3.05, 3.63) is 29.8 Å². The molecule has 0 aliphatic carbocycles. The smallest absolute Gasteiger partial charge is 0.408 e. The van der Waals surface area contributed by atoms with E-state index in [1.54, 1.807) is 30.3 Å². The summed E-state index contributed by atoms with van der Waals surface area (Å²) in [7, 11) is 0. The number of nitrogens with two attached hydrogens (primary N) is 1. The van der Waals surface area contributed by atoms with E-state index in [9.17, 15) is 9.59 Å². The molecule has 7 heteroatoms. The monoisotopic (exact) mass is 291 g/mol. The summed E-state index contributed by atoms with van der Waals surface area (Å²) in [6.07, 6.45) is -0.759. The zero-order valence-corrected chi connectivity index (χ0v) is 11.9. The number of anilines is 1. The number of hydrogen-bond acceptors (Lipinski definition) is 6. The third kappa shape index (κ3) is 5.40. The third-order valence-electron chi connectivity index (χ3n) is 2.54. The van der Waals surface area contributed by atoms with Crippen molar-refractivity contribution in [2.24, 2.45) is 0 Å². The number of ether oxygens (including phenoxy) is 2. The molecule has 0 fully saturated rings. The number of carbonyl (C=O) groups is 2. The molecular formula is C14H17N3O4. The molecule has 0 saturated carbocycles. The molecule has 7 nitrogen and oxygen atoms in total. The van der Waals surface area contributed by atoms with Crippen LogP contribution in [0.2, 0.25) is 0 Å². The molecule has 0 heterocycles. The van der Waals surface area contributed by atoms with Gasteiger partial charge in [-0.05, 0) is 31.5 Å². The lowest BCUT2D eigenvalue weighted by atomic mass is 10.1. The minimum absolute atomic E-state index is 0.0510. The molecule has 0 radical (unpaired) electrons. The minimum Gasteiger partial charge on any atom is -0.449 e. The standard InChI is InChI=1S/C14H17N3O4/c1-14(2,12(18)20-8-7-15)17-13(19)21-9-10-3-5-11(16)6-4-10/h3-6H,8-9,16H2,1-2H3,(H,17,19). The zero-order chi connectivity index (χ0) is 15.9. The van der Waals surface area contributed by atoms with Gasteiger partial charge in [-0.2, -0.15) is 5.26 Å². The van der Waals surface area contributed by atoms with Crippen molar-refractivity contribution in [1.29, 1.82) is 5.26 Å². The fourth-order valence-electron chi connectivity index (χ4n) is 1.38. The van der Waals surface area contributed by atoms with Crippen LogP contribution in [0.25, 0.3) is 0 Å². The summed E-state index contributed by atoms with van der Waals surface area (Å²) in [5, 5.41) is 10.7. The summed E-state index contributed by atoms with van der Waals surface area (Å²) in [5.41, 5.74) is 5.65. The predicted molar refractivity (Wildman–Crippen MR) is 74.8 cm³/mol. The fourth-order valence-corrected chi connectivity index (χ4v) is 1.38. The molecule has 0 aliphatic heterocycles. The molecule has 0 aromatic heterocycles. The number of nitrogens with one attached hydrogen (secondary N) is 1. The van der Waals surface area contributed by atoms with Gasteiger partial charge in [0.2, 0.25) is 0 Å². The quantitative estimate of drug-likeness (QED) is 0.625. The van der Waals surface area contributed by atoms with Crippen LogP contribution in [0.15, 0.2) is 24.3 Å². The number of nitrogens with zero attached hydrogens (tertiary/aromatic N) is 1. The highest BCUT2D eigenvalue weighted by molar-refractivity contribution is 5.84. The van der Waals surface area contributed by atoms with Gasteiger partial charge in [0.25, 0.3) is 0 Å². The predicted octanol–water partition coefficient (Wildman–Crippen LogP) is 1.34. The Hall–Kier alpha value is -2.75. The van der Waals surface area contributed by atoms with E-state index in [0.29, 0.717) is 5.69 Å². The van der Waals surface area contributed by atoms with Crippen molar-refractivity contribution >= 4 is 17.7 Å². The zero-order valence-electron chi connectivity index (χ0n) is 11.9. The van der Waals surface area contributed by atoms with Gasteiger partial charge in [-0.1, -0.05) is 12.1 Å². The van der Waals surface area contributed by atoms with E-state index in [4.69, 9.17) is 15.7 Å². The van der Waals surface area contributed by atoms with E-state index in [1.807, 2.05) is 0 Å². The van der Waals surface area contributed by atoms with Gasteiger partial charge in [0.1, 0.15) is 18.2 Å². The van der Waals surface area contributed by atoms with Gasteiger partial charge in [-0.3, -0.25) is 0 Å². The van der Waals surface area contributed by atoms with Gasteiger partial charge in [0.05, 0.1) is 0 Å². The molecule has 112 valence electrons. The maximum Gasteiger partial charge on any atom is 0.408 e. The summed E-state index contributed by atoms with van der Waals surface area (Å²) in [6.45, 7) is 2.59. The molecule has 3 N–H and O–H groups in total. The minimum atomic E-state index is -1.28. The average molecular weight is 291 g/mol. The van der Waals surface area contributed by atoms with E-state index in [0.717, 1.165) is 5.56 Å². The Bertz CT molecular complexity index is 546. The molecule has 1 aromatic carbocycles. The van der Waals surface area contributed by atoms with Gasteiger partial charge in [-0.15, -0.1) is 0 Å². The summed E-state index contributed by atoms with van der Waals surface area (Å²) >= 11 is 0. The maximum absolute atomic E-state index is 11.6. The Morgan fingerprint density at radius 3 is 2.48 bits per heavy atom. The molecule has 0 aliphatic rings. The SMILES string of the molecule is CC(C)(NC(=O)OCc1ccc(N)cc1)C(=O)OCC#N. The Morgan fingerprint density at radius 2 is 1.90 bits per heavy atom. The van der Waals surface area contributed by atoms with E-state index in [-0.39, 0.29) is 13.2 Å². The molecule has 0 bridgehead atoms. The molecule has 1 amide bonds. The molecule has 1 aromatic rings. The number of nitrogen functional groups attached to an aromatic ring is 1. The largest absolute Gasteiger partial charge is 0.449 e. The van der Waals surface area contributed by atoms with Crippen LogP contribution in [0, 0.1) is 11.3 Å². The van der Waals surface area contributed by atoms with Crippen LogP contribution >= 0.6 is 0 Å². The number of carbonyl (C=O) groups excluding carboxylic acids is 2. The summed E-state index contributed by atoms with van der Waals surface area (Å²) in [4.78, 5) is 23.3. The van der Waals surface area contributed by atoms with Crippen molar-refractivity contribution in [2.75, 3.05) is 12.3 Å². The molecule has 1 rings (SSSR count). The van der Waals surface area contributed by atoms with Gasteiger partial charge in [0, 0.05) is 5.69 Å². The Labute approximate surface area is 122 Å². The van der Waals surface area contributed by atoms with Crippen LogP contribution < -0.4 is 11.1 Å². The Balaban J connectivity index is 2.47.